The number of hydrogen-bond donors (Lipinski definition) is 2. The van der Waals surface area contributed by atoms with Crippen LogP contribution in [0.15, 0.2) is 0 Å². The summed E-state index contributed by atoms with van der Waals surface area (Å²) in [5.41, 5.74) is -0.728. The molecule has 2 rings (SSSR count). The first-order valence-corrected chi connectivity index (χ1v) is 7.75. The Labute approximate surface area is 116 Å². The van der Waals surface area contributed by atoms with E-state index in [4.69, 9.17) is 0 Å². The Morgan fingerprint density at radius 2 is 1.84 bits per heavy atom. The summed E-state index contributed by atoms with van der Waals surface area (Å²) in [5.74, 6) is -0.354. The summed E-state index contributed by atoms with van der Waals surface area (Å²) in [7, 11) is 0. The van der Waals surface area contributed by atoms with Crippen LogP contribution >= 0.6 is 0 Å². The lowest BCUT2D eigenvalue weighted by Gasteiger charge is -2.44. The molecule has 0 bridgehead atoms. The van der Waals surface area contributed by atoms with Crippen molar-refractivity contribution in [2.45, 2.75) is 70.5 Å². The van der Waals surface area contributed by atoms with Gasteiger partial charge in [-0.15, -0.1) is 0 Å². The quantitative estimate of drug-likeness (QED) is 0.774. The molecule has 2 fully saturated rings. The number of aliphatic carboxylic acids is 1. The minimum atomic E-state index is -0.728. The average Bonchev–Trinajstić information content (AvgIpc) is 3.16. The highest BCUT2D eigenvalue weighted by atomic mass is 16.4. The van der Waals surface area contributed by atoms with E-state index in [-0.39, 0.29) is 0 Å². The third kappa shape index (κ3) is 2.95. The molecule has 0 amide bonds. The Morgan fingerprint density at radius 3 is 2.26 bits per heavy atom. The molecule has 0 spiro atoms. The first-order valence-electron chi connectivity index (χ1n) is 7.75. The van der Waals surface area contributed by atoms with Crippen molar-refractivity contribution in [3.8, 4) is 0 Å². The standard InChI is InChI=1S/C15H28N2O2/c1-4-16-15(14(18)19,13-8-9-13)10-17-11(2)6-5-7-12(17)3/h11-13,16H,4-10H2,1-3H3,(H,18,19)/t11-,12+,15?. The van der Waals surface area contributed by atoms with Crippen molar-refractivity contribution >= 4 is 5.97 Å². The summed E-state index contributed by atoms with van der Waals surface area (Å²) in [4.78, 5) is 14.3. The fourth-order valence-electron chi connectivity index (χ4n) is 3.61. The topological polar surface area (TPSA) is 52.6 Å². The lowest BCUT2D eigenvalue weighted by molar-refractivity contribution is -0.148. The van der Waals surface area contributed by atoms with E-state index in [0.717, 1.165) is 19.4 Å². The Hall–Kier alpha value is -0.610. The van der Waals surface area contributed by atoms with E-state index in [1.165, 1.54) is 19.3 Å². The maximum atomic E-state index is 11.9. The first-order chi connectivity index (χ1) is 9.01. The molecule has 1 saturated carbocycles. The second-order valence-corrected chi connectivity index (χ2v) is 6.38. The zero-order valence-corrected chi connectivity index (χ0v) is 12.5. The number of likely N-dealkylation sites (tertiary alicyclic amines) is 1. The molecule has 1 saturated heterocycles. The number of carboxylic acids is 1. The van der Waals surface area contributed by atoms with Gasteiger partial charge in [-0.05, 0) is 52.0 Å². The molecule has 0 aromatic rings. The molecule has 1 aliphatic carbocycles. The van der Waals surface area contributed by atoms with Crippen LogP contribution in [0.1, 0.15) is 52.9 Å². The number of hydrogen-bond acceptors (Lipinski definition) is 3. The van der Waals surface area contributed by atoms with Crippen molar-refractivity contribution in [2.75, 3.05) is 13.1 Å². The lowest BCUT2D eigenvalue weighted by Crippen LogP contribution is -2.63. The molecule has 1 aliphatic heterocycles. The van der Waals surface area contributed by atoms with E-state index in [2.05, 4.69) is 24.1 Å². The predicted octanol–water partition coefficient (Wildman–Crippen LogP) is 2.09. The van der Waals surface area contributed by atoms with Gasteiger partial charge in [0.1, 0.15) is 5.54 Å². The molecule has 2 N–H and O–H groups in total. The molecular formula is C15H28N2O2. The number of nitrogens with zero attached hydrogens (tertiary/aromatic N) is 1. The van der Waals surface area contributed by atoms with Crippen LogP contribution < -0.4 is 5.32 Å². The SMILES string of the molecule is CCNC(CN1[C@H](C)CCC[C@@H]1C)(C(=O)O)C1CC1. The number of piperidine rings is 1. The summed E-state index contributed by atoms with van der Waals surface area (Å²) in [6.07, 6.45) is 5.75. The summed E-state index contributed by atoms with van der Waals surface area (Å²) in [6.45, 7) is 7.86. The van der Waals surface area contributed by atoms with Gasteiger partial charge in [0.05, 0.1) is 0 Å². The van der Waals surface area contributed by atoms with Crippen LogP contribution in [0.2, 0.25) is 0 Å². The number of nitrogens with one attached hydrogen (secondary N) is 1. The number of carbonyl (C=O) groups is 1. The first kappa shape index (κ1) is 14.8. The Morgan fingerprint density at radius 1 is 1.26 bits per heavy atom. The maximum Gasteiger partial charge on any atom is 0.325 e. The van der Waals surface area contributed by atoms with Crippen LogP contribution in [0, 0.1) is 5.92 Å². The van der Waals surface area contributed by atoms with Gasteiger partial charge in [0.2, 0.25) is 0 Å². The van der Waals surface area contributed by atoms with Crippen molar-refractivity contribution < 1.29 is 9.90 Å². The van der Waals surface area contributed by atoms with Crippen molar-refractivity contribution in [3.05, 3.63) is 0 Å². The Balaban J connectivity index is 2.16. The van der Waals surface area contributed by atoms with Crippen LogP contribution in [-0.4, -0.2) is 46.7 Å². The zero-order valence-electron chi connectivity index (χ0n) is 12.5. The van der Waals surface area contributed by atoms with Crippen LogP contribution in [-0.2, 0) is 4.79 Å². The fraction of sp³-hybridized carbons (Fsp3) is 0.933. The van der Waals surface area contributed by atoms with E-state index in [1.54, 1.807) is 0 Å². The number of rotatable bonds is 6. The highest BCUT2D eigenvalue weighted by molar-refractivity contribution is 5.80. The molecular weight excluding hydrogens is 240 g/mol. The van der Waals surface area contributed by atoms with Gasteiger partial charge in [0.25, 0.3) is 0 Å². The van der Waals surface area contributed by atoms with Gasteiger partial charge in [-0.25, -0.2) is 0 Å². The van der Waals surface area contributed by atoms with Gasteiger partial charge >= 0.3 is 5.97 Å². The van der Waals surface area contributed by atoms with E-state index in [9.17, 15) is 9.90 Å². The molecule has 0 aromatic carbocycles. The van der Waals surface area contributed by atoms with Crippen LogP contribution in [0.25, 0.3) is 0 Å². The van der Waals surface area contributed by atoms with Crippen molar-refractivity contribution in [1.29, 1.82) is 0 Å². The van der Waals surface area contributed by atoms with E-state index in [1.807, 2.05) is 6.92 Å². The smallest absolute Gasteiger partial charge is 0.325 e. The van der Waals surface area contributed by atoms with Crippen LogP contribution in [0.3, 0.4) is 0 Å². The molecule has 4 nitrogen and oxygen atoms in total. The highest BCUT2D eigenvalue weighted by Gasteiger charge is 2.52. The Kier molecular flexibility index (Phi) is 4.51. The van der Waals surface area contributed by atoms with Crippen LogP contribution in [0.4, 0.5) is 0 Å². The fourth-order valence-corrected chi connectivity index (χ4v) is 3.61. The molecule has 3 atom stereocenters. The molecule has 1 heterocycles. The highest BCUT2D eigenvalue weighted by Crippen LogP contribution is 2.41. The molecule has 110 valence electrons. The normalized spacial score (nSPS) is 31.9. The van der Waals surface area contributed by atoms with E-state index < -0.39 is 11.5 Å². The lowest BCUT2D eigenvalue weighted by atomic mass is 9.88. The minimum Gasteiger partial charge on any atom is -0.480 e. The number of likely N-dealkylation sites (N-methyl/N-ethyl adjacent to an activating group) is 1. The van der Waals surface area contributed by atoms with Gasteiger partial charge in [0.15, 0.2) is 0 Å². The van der Waals surface area contributed by atoms with Gasteiger partial charge in [-0.3, -0.25) is 9.69 Å². The minimum absolute atomic E-state index is 0.311. The van der Waals surface area contributed by atoms with Gasteiger partial charge in [-0.2, -0.15) is 0 Å². The largest absolute Gasteiger partial charge is 0.480 e. The summed E-state index contributed by atoms with van der Waals surface area (Å²) < 4.78 is 0. The third-order valence-electron chi connectivity index (χ3n) is 4.96. The molecule has 19 heavy (non-hydrogen) atoms. The third-order valence-corrected chi connectivity index (χ3v) is 4.96. The van der Waals surface area contributed by atoms with Gasteiger partial charge < -0.3 is 10.4 Å². The number of carboxylic acid groups (broad SMARTS) is 1. The van der Waals surface area contributed by atoms with Crippen molar-refractivity contribution in [2.24, 2.45) is 5.92 Å². The van der Waals surface area contributed by atoms with E-state index >= 15 is 0 Å². The second-order valence-electron chi connectivity index (χ2n) is 6.38. The second kappa shape index (κ2) is 5.80. The maximum absolute atomic E-state index is 11.9. The molecule has 4 heteroatoms. The molecule has 2 aliphatic rings. The monoisotopic (exact) mass is 268 g/mol. The van der Waals surface area contributed by atoms with Crippen molar-refractivity contribution in [3.63, 3.8) is 0 Å². The predicted molar refractivity (Wildman–Crippen MR) is 76.2 cm³/mol. The summed E-state index contributed by atoms with van der Waals surface area (Å²) >= 11 is 0. The molecule has 0 radical (unpaired) electrons. The van der Waals surface area contributed by atoms with E-state index in [0.29, 0.717) is 24.5 Å². The Bertz CT molecular complexity index is 320. The molecule has 1 unspecified atom stereocenters. The molecule has 0 aromatic heterocycles. The van der Waals surface area contributed by atoms with Gasteiger partial charge in [-0.1, -0.05) is 13.3 Å². The van der Waals surface area contributed by atoms with Crippen LogP contribution in [0.5, 0.6) is 0 Å². The van der Waals surface area contributed by atoms with Crippen molar-refractivity contribution in [1.82, 2.24) is 10.2 Å². The average molecular weight is 268 g/mol. The zero-order chi connectivity index (χ0) is 14.0. The summed E-state index contributed by atoms with van der Waals surface area (Å²) in [5, 5.41) is 13.1. The van der Waals surface area contributed by atoms with Gasteiger partial charge in [0, 0.05) is 18.6 Å². The summed E-state index contributed by atoms with van der Waals surface area (Å²) in [6, 6.07) is 1.000.